The molecule has 2 nitrogen and oxygen atoms in total. The third-order valence-electron chi connectivity index (χ3n) is 0.632. The number of hydrogen-bond donors (Lipinski definition) is 0. The Balaban J connectivity index is 2.40. The molecule has 4 heteroatoms. The first-order valence-corrected chi connectivity index (χ1v) is 1.97. The van der Waals surface area contributed by atoms with Gasteiger partial charge in [0.2, 0.25) is 0 Å². The summed E-state index contributed by atoms with van der Waals surface area (Å²) >= 11 is 0. The molecule has 0 amide bonds. The molecule has 0 aromatic heterocycles. The van der Waals surface area contributed by atoms with Crippen LogP contribution in [-0.2, 0) is 0 Å². The summed E-state index contributed by atoms with van der Waals surface area (Å²) in [6.07, 6.45) is 3.64. The zero-order chi connectivity index (χ0) is 4.24. The molecule has 0 spiro atoms. The van der Waals surface area contributed by atoms with E-state index in [1.807, 2.05) is 12.2 Å². The van der Waals surface area contributed by atoms with E-state index in [1.165, 1.54) is 0 Å². The summed E-state index contributed by atoms with van der Waals surface area (Å²) in [6, 6.07) is 0. The van der Waals surface area contributed by atoms with Gasteiger partial charge in [-0.15, -0.1) is 0 Å². The maximum atomic E-state index is 3.90. The van der Waals surface area contributed by atoms with Gasteiger partial charge in [-0.25, -0.2) is 0 Å². The second kappa shape index (κ2) is 1.80. The lowest BCUT2D eigenvalue weighted by atomic mass is 9.89. The second-order valence-corrected chi connectivity index (χ2v) is 1.10. The molecule has 0 bridgehead atoms. The fourth-order valence-electron chi connectivity index (χ4n) is 0.359. The van der Waals surface area contributed by atoms with E-state index in [1.54, 1.807) is 0 Å². The molecule has 0 saturated carbocycles. The van der Waals surface area contributed by atoms with Crippen LogP contribution >= 0.6 is 0 Å². The molecule has 0 unspecified atom stereocenters. The molecule has 0 saturated heterocycles. The fraction of sp³-hybridized carbons (Fsp3) is 0. The Morgan fingerprint density at radius 2 is 1.50 bits per heavy atom. The van der Waals surface area contributed by atoms with E-state index < -0.39 is 0 Å². The van der Waals surface area contributed by atoms with Crippen molar-refractivity contribution in [2.24, 2.45) is 9.81 Å². The van der Waals surface area contributed by atoms with Crippen molar-refractivity contribution < 1.29 is 0 Å². The second-order valence-electron chi connectivity index (χ2n) is 1.10. The molecule has 0 N–H and O–H groups in total. The van der Waals surface area contributed by atoms with Crippen LogP contribution in [0.5, 0.6) is 0 Å². The molecule has 0 aromatic rings. The topological polar surface area (TPSA) is 24.7 Å². The quantitative estimate of drug-likeness (QED) is 0.323. The molecule has 0 radical (unpaired) electrons. The minimum Gasteiger partial charge on any atom is -0.358 e. The zero-order valence-electron chi connectivity index (χ0n) is 3.46. The Morgan fingerprint density at radius 1 is 1.00 bits per heavy atom. The Morgan fingerprint density at radius 3 is 1.67 bits per heavy atom. The van der Waals surface area contributed by atoms with Crippen LogP contribution < -0.4 is 0 Å². The van der Waals surface area contributed by atoms with Gasteiger partial charge < -0.3 is 9.81 Å². The average Bonchev–Trinajstić information content (AvgIpc) is 1.72. The van der Waals surface area contributed by atoms with Crippen molar-refractivity contribution in [2.45, 2.75) is 0 Å². The van der Waals surface area contributed by atoms with E-state index in [4.69, 9.17) is 0 Å². The smallest absolute Gasteiger partial charge is 0.302 e. The standard InChI is InChI=1S/C2H4B2N2/c1-3-6-2-4-5-1/h1-4H. The Kier molecular flexibility index (Phi) is 1.10. The highest BCUT2D eigenvalue weighted by Gasteiger charge is 1.83. The lowest BCUT2D eigenvalue weighted by Crippen LogP contribution is -2.00. The molecule has 1 rings (SSSR count). The van der Waals surface area contributed by atoms with E-state index in [0.29, 0.717) is 0 Å². The predicted octanol–water partition coefficient (Wildman–Crippen LogP) is -1.24. The van der Waals surface area contributed by atoms with E-state index in [9.17, 15) is 0 Å². The van der Waals surface area contributed by atoms with Gasteiger partial charge >= 0.3 is 14.8 Å². The maximum absolute atomic E-state index is 3.90. The van der Waals surface area contributed by atoms with Gasteiger partial charge in [-0.3, -0.25) is 0 Å². The van der Waals surface area contributed by atoms with Crippen LogP contribution in [0, 0.1) is 0 Å². The normalized spacial score (nSPS) is 16.0. The van der Waals surface area contributed by atoms with Gasteiger partial charge in [0, 0.05) is 0 Å². The molecule has 1 heterocycles. The highest BCUT2D eigenvalue weighted by Crippen LogP contribution is 1.66. The summed E-state index contributed by atoms with van der Waals surface area (Å²) in [6.45, 7) is 0. The van der Waals surface area contributed by atoms with Crippen molar-refractivity contribution in [1.29, 1.82) is 0 Å². The summed E-state index contributed by atoms with van der Waals surface area (Å²) in [4.78, 5) is 7.81. The number of hydrogen-bond acceptors (Lipinski definition) is 2. The van der Waals surface area contributed by atoms with Crippen LogP contribution in [0.2, 0.25) is 0 Å². The van der Waals surface area contributed by atoms with Gasteiger partial charge in [0.15, 0.2) is 0 Å². The van der Waals surface area contributed by atoms with Crippen LogP contribution in [0.15, 0.2) is 9.81 Å². The number of rotatable bonds is 0. The van der Waals surface area contributed by atoms with E-state index in [-0.39, 0.29) is 0 Å². The highest BCUT2D eigenvalue weighted by molar-refractivity contribution is 6.79. The Bertz CT molecular complexity index is 67.5. The van der Waals surface area contributed by atoms with Crippen LogP contribution in [0.1, 0.15) is 0 Å². The van der Waals surface area contributed by atoms with Crippen LogP contribution in [0.25, 0.3) is 0 Å². The van der Waals surface area contributed by atoms with Crippen molar-refractivity contribution in [3.05, 3.63) is 0 Å². The van der Waals surface area contributed by atoms with Gasteiger partial charge in [-0.2, -0.15) is 0 Å². The van der Waals surface area contributed by atoms with Gasteiger partial charge in [-0.1, -0.05) is 0 Å². The van der Waals surface area contributed by atoms with Crippen LogP contribution in [0.4, 0.5) is 0 Å². The molecule has 1 aliphatic rings. The Labute approximate surface area is 37.9 Å². The van der Waals surface area contributed by atoms with E-state index >= 15 is 0 Å². The molecule has 0 aromatic carbocycles. The van der Waals surface area contributed by atoms with Crippen molar-refractivity contribution in [1.82, 2.24) is 0 Å². The summed E-state index contributed by atoms with van der Waals surface area (Å²) in [5, 5.41) is 0. The van der Waals surface area contributed by atoms with Gasteiger partial charge in [-0.05, 0) is 12.2 Å². The van der Waals surface area contributed by atoms with Crippen molar-refractivity contribution in [2.75, 3.05) is 0 Å². The number of nitrogens with zero attached hydrogens (tertiary/aromatic N) is 2. The largest absolute Gasteiger partial charge is 0.358 e. The lowest BCUT2D eigenvalue weighted by molar-refractivity contribution is 1.85. The zero-order valence-corrected chi connectivity index (χ0v) is 3.46. The fourth-order valence-corrected chi connectivity index (χ4v) is 0.359. The van der Waals surface area contributed by atoms with E-state index in [2.05, 4.69) is 9.81 Å². The van der Waals surface area contributed by atoms with Crippen molar-refractivity contribution in [3.63, 3.8) is 0 Å². The van der Waals surface area contributed by atoms with Gasteiger partial charge in [0.1, 0.15) is 0 Å². The molecular formula is C2H4B2N2. The molecule has 1 aliphatic heterocycles. The minimum absolute atomic E-state index is 0.778. The summed E-state index contributed by atoms with van der Waals surface area (Å²) in [5.41, 5.74) is 0. The van der Waals surface area contributed by atoms with E-state index in [0.717, 1.165) is 14.8 Å². The predicted molar refractivity (Wildman–Crippen MR) is 31.3 cm³/mol. The lowest BCUT2D eigenvalue weighted by Gasteiger charge is -1.84. The molecule has 6 heavy (non-hydrogen) atoms. The molecular weight excluding hydrogens is 73.7 g/mol. The van der Waals surface area contributed by atoms with Crippen LogP contribution in [-0.4, -0.2) is 27.1 Å². The molecule has 0 aliphatic carbocycles. The first kappa shape index (κ1) is 3.65. The molecule has 0 atom stereocenters. The van der Waals surface area contributed by atoms with Crippen molar-refractivity contribution in [3.8, 4) is 0 Å². The monoisotopic (exact) mass is 78.1 g/mol. The Hall–Kier alpha value is -0.530. The van der Waals surface area contributed by atoms with Gasteiger partial charge in [0.25, 0.3) is 0 Å². The summed E-state index contributed by atoms with van der Waals surface area (Å²) in [5.74, 6) is 0. The first-order chi connectivity index (χ1) is 3.00. The molecule has 28 valence electrons. The first-order valence-electron chi connectivity index (χ1n) is 1.97. The van der Waals surface area contributed by atoms with Crippen LogP contribution in [0.3, 0.4) is 0 Å². The highest BCUT2D eigenvalue weighted by atomic mass is 14.7. The summed E-state index contributed by atoms with van der Waals surface area (Å²) < 4.78 is 0. The summed E-state index contributed by atoms with van der Waals surface area (Å²) in [7, 11) is 1.56. The third kappa shape index (κ3) is 0.707. The van der Waals surface area contributed by atoms with Crippen molar-refractivity contribution >= 4 is 27.1 Å². The molecule has 0 fully saturated rings. The average molecular weight is 77.7 g/mol. The SMILES string of the molecule is B1C=NBC=N1. The minimum atomic E-state index is 0.778. The maximum Gasteiger partial charge on any atom is 0.302 e. The third-order valence-corrected chi connectivity index (χ3v) is 0.632. The van der Waals surface area contributed by atoms with Gasteiger partial charge in [0.05, 0.1) is 0 Å².